The highest BCUT2D eigenvalue weighted by atomic mass is 14.6. The maximum absolute atomic E-state index is 2.72. The van der Waals surface area contributed by atoms with Gasteiger partial charge >= 0.3 is 0 Å². The molecule has 0 spiro atoms. The largest absolute Gasteiger partial charge is 0.0654 e. The van der Waals surface area contributed by atoms with E-state index in [-0.39, 0.29) is 21.7 Å². The number of rotatable bonds is 12. The second kappa shape index (κ2) is 33.1. The molecule has 0 amide bonds. The van der Waals surface area contributed by atoms with Crippen LogP contribution in [0.15, 0.2) is 437 Å². The summed E-state index contributed by atoms with van der Waals surface area (Å²) >= 11 is 0. The molecule has 0 unspecified atom stereocenters. The molecule has 0 aromatic heterocycles. The third-order valence-electron chi connectivity index (χ3n) is 33.8. The maximum Gasteiger partial charge on any atom is 0.0461 e. The van der Waals surface area contributed by atoms with Gasteiger partial charge in [-0.15, -0.1) is 0 Å². The highest BCUT2D eigenvalue weighted by Crippen LogP contribution is 2.70. The summed E-state index contributed by atoms with van der Waals surface area (Å²) in [5.41, 5.74) is 16.8. The van der Waals surface area contributed by atoms with Gasteiger partial charge in [-0.1, -0.05) is 443 Å². The average Bonchev–Trinajstić information content (AvgIpc) is 0.648. The Morgan fingerprint density at radius 1 is 0.107 bits per heavy atom. The second-order valence-corrected chi connectivity index (χ2v) is 40.6. The van der Waals surface area contributed by atoms with Crippen molar-refractivity contribution in [3.8, 4) is 0 Å². The number of unbranched alkanes of at least 4 members (excludes halogenated alkanes) is 4. The zero-order valence-corrected chi connectivity index (χ0v) is 80.1. The molecule has 26 aromatic carbocycles. The lowest BCUT2D eigenvalue weighted by molar-refractivity contribution is 0.406. The predicted molar refractivity (Wildman–Crippen MR) is 604 cm³/mol. The molecule has 0 radical (unpaired) electrons. The lowest BCUT2D eigenvalue weighted by Crippen LogP contribution is -2.51. The van der Waals surface area contributed by atoms with E-state index in [1.165, 1.54) is 261 Å². The minimum atomic E-state index is -0.368. The first kappa shape index (κ1) is 83.7. The fourth-order valence-corrected chi connectivity index (χ4v) is 27.8. The predicted octanol–water partition coefficient (Wildman–Crippen LogP) is 38.9. The van der Waals surface area contributed by atoms with E-state index in [2.05, 4.69) is 392 Å². The average molecular weight is 1790 g/mol. The summed E-state index contributed by atoms with van der Waals surface area (Å²) in [6.07, 6.45) is 13.2. The normalized spacial score (nSPS) is 16.9. The summed E-state index contributed by atoms with van der Waals surface area (Å²) in [5.74, 6) is 0. The molecular weight excluding hydrogens is 1680 g/mol. The molecule has 668 valence electrons. The molecule has 4 bridgehead atoms. The Morgan fingerprint density at radius 3 is 0.264 bits per heavy atom. The van der Waals surface area contributed by atoms with E-state index in [9.17, 15) is 0 Å². The number of fused-ring (bicyclic) bond motifs is 36. The van der Waals surface area contributed by atoms with E-state index >= 15 is 0 Å². The Kier molecular flexibility index (Phi) is 19.8. The third-order valence-corrected chi connectivity index (χ3v) is 33.8. The monoisotopic (exact) mass is 1790 g/mol. The van der Waals surface area contributed by atoms with Crippen molar-refractivity contribution in [3.05, 3.63) is 504 Å². The highest BCUT2D eigenvalue weighted by molar-refractivity contribution is 6.32. The Hall–Kier alpha value is -15.6. The Balaban J connectivity index is 0.000000125. The molecule has 32 rings (SSSR count). The van der Waals surface area contributed by atoms with Crippen LogP contribution in [0.2, 0.25) is 0 Å². The van der Waals surface area contributed by atoms with Gasteiger partial charge in [0.2, 0.25) is 0 Å². The van der Waals surface area contributed by atoms with Gasteiger partial charge in [0.15, 0.2) is 0 Å². The van der Waals surface area contributed by atoms with Crippen LogP contribution in [0, 0.1) is 0 Å². The molecule has 0 nitrogen and oxygen atoms in total. The van der Waals surface area contributed by atoms with Gasteiger partial charge in [-0.25, -0.2) is 0 Å². The molecule has 0 saturated carbocycles. The molecule has 0 saturated heterocycles. The van der Waals surface area contributed by atoms with Gasteiger partial charge in [-0.3, -0.25) is 0 Å². The first-order valence-electron chi connectivity index (χ1n) is 51.6. The number of hydrogen-bond acceptors (Lipinski definition) is 0. The topological polar surface area (TPSA) is 0 Å². The summed E-state index contributed by atoms with van der Waals surface area (Å²) in [6.45, 7) is 9.54. The fraction of sp³-hybridized carbons (Fsp3) is 0.143. The minimum absolute atomic E-state index is 0.368. The summed E-state index contributed by atoms with van der Waals surface area (Å²) in [4.78, 5) is 0. The molecule has 140 heavy (non-hydrogen) atoms. The smallest absolute Gasteiger partial charge is 0.0461 e. The van der Waals surface area contributed by atoms with Crippen molar-refractivity contribution in [1.82, 2.24) is 0 Å². The lowest BCUT2D eigenvalue weighted by Gasteiger charge is -2.57. The summed E-state index contributed by atoms with van der Waals surface area (Å²) in [6, 6.07) is 167. The zero-order chi connectivity index (χ0) is 93.1. The van der Waals surface area contributed by atoms with Crippen molar-refractivity contribution in [2.24, 2.45) is 0 Å². The number of benzene rings is 26. The molecular formula is C140H108. The van der Waals surface area contributed by atoms with Crippen LogP contribution in [0.4, 0.5) is 0 Å². The van der Waals surface area contributed by atoms with Crippen molar-refractivity contribution in [3.63, 3.8) is 0 Å². The van der Waals surface area contributed by atoms with Gasteiger partial charge < -0.3 is 0 Å². The fourth-order valence-electron chi connectivity index (χ4n) is 27.8. The molecule has 6 aliphatic rings. The van der Waals surface area contributed by atoms with Crippen LogP contribution >= 0.6 is 0 Å². The van der Waals surface area contributed by atoms with Crippen LogP contribution in [0.25, 0.3) is 194 Å². The Morgan fingerprint density at radius 2 is 0.186 bits per heavy atom. The van der Waals surface area contributed by atoms with Crippen molar-refractivity contribution in [2.75, 3.05) is 0 Å². The molecule has 6 aliphatic carbocycles. The van der Waals surface area contributed by atoms with Crippen LogP contribution in [0.3, 0.4) is 0 Å². The summed E-state index contributed by atoms with van der Waals surface area (Å²) in [5, 5.41) is 48.7. The van der Waals surface area contributed by atoms with Crippen molar-refractivity contribution < 1.29 is 0 Å². The van der Waals surface area contributed by atoms with E-state index in [0.29, 0.717) is 0 Å². The summed E-state index contributed by atoms with van der Waals surface area (Å²) < 4.78 is 0. The molecule has 0 heteroatoms. The van der Waals surface area contributed by atoms with Gasteiger partial charge in [-0.2, -0.15) is 0 Å². The highest BCUT2D eigenvalue weighted by Gasteiger charge is 2.61. The van der Waals surface area contributed by atoms with Gasteiger partial charge in [0.25, 0.3) is 0 Å². The van der Waals surface area contributed by atoms with E-state index in [0.717, 1.165) is 77.0 Å². The molecule has 26 aromatic rings. The molecule has 0 N–H and O–H groups in total. The second-order valence-electron chi connectivity index (χ2n) is 40.6. The first-order valence-corrected chi connectivity index (χ1v) is 51.6. The van der Waals surface area contributed by atoms with Gasteiger partial charge in [0, 0.05) is 21.7 Å². The van der Waals surface area contributed by atoms with Crippen LogP contribution in [0.1, 0.15) is 172 Å². The number of hydrogen-bond donors (Lipinski definition) is 0. The maximum atomic E-state index is 2.72. The molecule has 0 fully saturated rings. The van der Waals surface area contributed by atoms with Crippen LogP contribution in [-0.2, 0) is 21.7 Å². The zero-order valence-electron chi connectivity index (χ0n) is 80.1. The van der Waals surface area contributed by atoms with Crippen molar-refractivity contribution in [1.29, 1.82) is 0 Å². The van der Waals surface area contributed by atoms with Crippen LogP contribution in [-0.4, -0.2) is 0 Å². The van der Waals surface area contributed by atoms with Crippen molar-refractivity contribution in [2.45, 2.75) is 126 Å². The quantitative estimate of drug-likeness (QED) is 0.107. The Bertz CT molecular complexity index is 7720. The van der Waals surface area contributed by atoms with Gasteiger partial charge in [0.1, 0.15) is 0 Å². The Labute approximate surface area is 817 Å². The molecule has 0 atom stereocenters. The molecule has 0 aliphatic heterocycles. The molecule has 0 heterocycles. The first-order chi connectivity index (χ1) is 69.3. The van der Waals surface area contributed by atoms with Gasteiger partial charge in [-0.05, 0) is 359 Å². The third kappa shape index (κ3) is 12.0. The minimum Gasteiger partial charge on any atom is -0.0654 e. The van der Waals surface area contributed by atoms with Gasteiger partial charge in [0.05, 0.1) is 0 Å². The standard InChI is InChI=1S/2C64H48.2C6H6/c2*1-3-5-31-63-57-33-51-45-25-13-7-19-39(45)42-22-10-16-28-48(42)54(51)36-60(57)64(32-6-4-2,61-37-55-49-29-17-11-23-43(49)40-20-8-14-26-46(40)52(55)34-58(61)63)62-38-56-50-30-18-12-24-44(50)41-21-9-15-27-47(41)53(56)35-59(62)63;2*1-2-4-6-5-3-1/h2*7-30,33-38H,3-6,31-32H2,1-2H3;2*1-6H. The van der Waals surface area contributed by atoms with E-state index in [4.69, 9.17) is 0 Å². The van der Waals surface area contributed by atoms with E-state index in [1.807, 2.05) is 72.8 Å². The van der Waals surface area contributed by atoms with Crippen LogP contribution in [0.5, 0.6) is 0 Å². The lowest BCUT2D eigenvalue weighted by atomic mass is 9.44. The van der Waals surface area contributed by atoms with E-state index in [1.54, 1.807) is 0 Å². The SMILES string of the molecule is CCCCC12c3cc4c5ccccc5c5ccccc5c4cc3C(CCCC)(c3cc4c5ccccc5c5ccccc5c4cc31)c1cc3c4ccccc4c4ccccc4c3cc12.CCCCC12c3cc4c5ccccc5c5ccccc5c4cc3C(CCCC)(c3cc4c5ccccc5c5ccccc5c4cc31)c1cc3c4ccccc4c4ccccc4c3cc12.c1ccccc1.c1ccccc1. The van der Waals surface area contributed by atoms with Crippen molar-refractivity contribution >= 4 is 194 Å². The van der Waals surface area contributed by atoms with Crippen LogP contribution < -0.4 is 0 Å². The van der Waals surface area contributed by atoms with E-state index < -0.39 is 0 Å². The summed E-state index contributed by atoms with van der Waals surface area (Å²) in [7, 11) is 0.